The zero-order valence-electron chi connectivity index (χ0n) is 13.9. The third-order valence-electron chi connectivity index (χ3n) is 4.73. The van der Waals surface area contributed by atoms with E-state index >= 15 is 0 Å². The molecule has 5 rings (SSSR count). The topological polar surface area (TPSA) is 33.1 Å². The van der Waals surface area contributed by atoms with Gasteiger partial charge in [0.05, 0.1) is 11.0 Å². The Labute approximate surface area is 150 Å². The van der Waals surface area contributed by atoms with Gasteiger partial charge < -0.3 is 13.8 Å². The average Bonchev–Trinajstić information content (AvgIpc) is 3.42. The minimum atomic E-state index is 0.580. The first-order valence-electron chi connectivity index (χ1n) is 8.42. The first-order valence-corrected chi connectivity index (χ1v) is 8.42. The Morgan fingerprint density at radius 1 is 0.962 bits per heavy atom. The number of para-hydroxylation sites is 1. The van der Waals surface area contributed by atoms with Crippen LogP contribution in [0, 0.1) is 0 Å². The number of aromatic amines is 1. The minimum Gasteiger partial charge on any atom is -0.364 e. The molecule has 3 heterocycles. The molecule has 26 heavy (non-hydrogen) atoms. The molecule has 1 radical (unpaired) electrons. The van der Waals surface area contributed by atoms with Crippen molar-refractivity contribution in [3.05, 3.63) is 101 Å². The molecule has 0 bridgehead atoms. The summed E-state index contributed by atoms with van der Waals surface area (Å²) in [6.07, 6.45) is 3.58. The number of hydrogen-bond acceptors (Lipinski definition) is 1. The summed E-state index contributed by atoms with van der Waals surface area (Å²) in [5, 5.41) is 1.98. The maximum Gasteiger partial charge on any atom is 0.495 e. The molecule has 0 aliphatic carbocycles. The standard InChI is InChI=1S/C21H14BFN3/c23-22-26-12-4-8-20(26)21(19-7-3-11-24-19)14-9-10-18-16(13-14)15-5-1-2-6-17(15)25-18/h1-13,24H/b21-14+. The molecule has 0 spiro atoms. The molecule has 0 saturated carbocycles. The van der Waals surface area contributed by atoms with Crippen LogP contribution in [0.15, 0.2) is 84.1 Å². The molecule has 0 amide bonds. The van der Waals surface area contributed by atoms with E-state index in [1.54, 1.807) is 6.20 Å². The molecule has 123 valence electrons. The van der Waals surface area contributed by atoms with Gasteiger partial charge in [-0.3, -0.25) is 0 Å². The van der Waals surface area contributed by atoms with Crippen LogP contribution in [0.2, 0.25) is 0 Å². The molecule has 5 heteroatoms. The molecule has 4 aromatic rings. The summed E-state index contributed by atoms with van der Waals surface area (Å²) in [7, 11) is 0.580. The predicted octanol–water partition coefficient (Wildman–Crippen LogP) is 3.35. The molecule has 1 aliphatic heterocycles. The van der Waals surface area contributed by atoms with Gasteiger partial charge in [0, 0.05) is 34.3 Å². The Morgan fingerprint density at radius 3 is 2.73 bits per heavy atom. The van der Waals surface area contributed by atoms with E-state index in [0.29, 0.717) is 7.69 Å². The van der Waals surface area contributed by atoms with Crippen LogP contribution in [0.4, 0.5) is 10.0 Å². The van der Waals surface area contributed by atoms with Crippen molar-refractivity contribution in [1.29, 1.82) is 0 Å². The van der Waals surface area contributed by atoms with Crippen LogP contribution in [-0.4, -0.2) is 17.2 Å². The number of nitrogens with one attached hydrogen (secondary N) is 1. The van der Waals surface area contributed by atoms with E-state index in [1.807, 2.05) is 60.8 Å². The lowest BCUT2D eigenvalue weighted by molar-refractivity contribution is 0.832. The Bertz CT molecular complexity index is 1220. The molecular weight excluding hydrogens is 324 g/mol. The summed E-state index contributed by atoms with van der Waals surface area (Å²) in [4.78, 5) is 7.94. The van der Waals surface area contributed by atoms with Gasteiger partial charge in [0.25, 0.3) is 0 Å². The van der Waals surface area contributed by atoms with E-state index in [2.05, 4.69) is 22.1 Å². The number of benzene rings is 2. The lowest BCUT2D eigenvalue weighted by atomic mass is 10.00. The van der Waals surface area contributed by atoms with Crippen molar-refractivity contribution < 1.29 is 4.32 Å². The molecule has 3 nitrogen and oxygen atoms in total. The van der Waals surface area contributed by atoms with Crippen LogP contribution >= 0.6 is 0 Å². The highest BCUT2D eigenvalue weighted by molar-refractivity contribution is 6.25. The van der Waals surface area contributed by atoms with Gasteiger partial charge in [-0.25, -0.2) is 4.99 Å². The fourth-order valence-electron chi connectivity index (χ4n) is 3.55. The second-order valence-corrected chi connectivity index (χ2v) is 6.22. The van der Waals surface area contributed by atoms with E-state index in [9.17, 15) is 4.32 Å². The highest BCUT2D eigenvalue weighted by atomic mass is 19.1. The predicted molar refractivity (Wildman–Crippen MR) is 101 cm³/mol. The summed E-state index contributed by atoms with van der Waals surface area (Å²) >= 11 is 0. The third kappa shape index (κ3) is 2.24. The minimum absolute atomic E-state index is 0.580. The van der Waals surface area contributed by atoms with E-state index < -0.39 is 0 Å². The summed E-state index contributed by atoms with van der Waals surface area (Å²) in [6, 6.07) is 22.0. The SMILES string of the molecule is F[B]n1cccc1/C(c1ccc[nH]1)=c1\ccc2c(c1)-c1ccccc1N=2. The Balaban J connectivity index is 1.84. The summed E-state index contributed by atoms with van der Waals surface area (Å²) in [5.41, 5.74) is 5.89. The second kappa shape index (κ2) is 5.88. The molecule has 0 unspecified atom stereocenters. The maximum absolute atomic E-state index is 13.4. The van der Waals surface area contributed by atoms with Crippen molar-refractivity contribution in [2.45, 2.75) is 0 Å². The lowest BCUT2D eigenvalue weighted by Crippen LogP contribution is -2.16. The number of hydrogen-bond donors (Lipinski definition) is 1. The number of H-pyrrole nitrogens is 1. The largest absolute Gasteiger partial charge is 0.495 e. The number of aromatic nitrogens is 2. The van der Waals surface area contributed by atoms with Crippen molar-refractivity contribution in [3.63, 3.8) is 0 Å². The second-order valence-electron chi connectivity index (χ2n) is 6.22. The highest BCUT2D eigenvalue weighted by Crippen LogP contribution is 2.31. The smallest absolute Gasteiger partial charge is 0.364 e. The zero-order valence-corrected chi connectivity index (χ0v) is 13.9. The zero-order chi connectivity index (χ0) is 17.5. The Morgan fingerprint density at radius 2 is 1.88 bits per heavy atom. The molecule has 1 N–H and O–H groups in total. The number of halogens is 1. The van der Waals surface area contributed by atoms with Crippen LogP contribution in [0.5, 0.6) is 0 Å². The maximum atomic E-state index is 13.4. The van der Waals surface area contributed by atoms with E-state index in [1.165, 1.54) is 4.48 Å². The monoisotopic (exact) mass is 338 g/mol. The van der Waals surface area contributed by atoms with Crippen LogP contribution in [-0.2, 0) is 0 Å². The van der Waals surface area contributed by atoms with Crippen molar-refractivity contribution in [1.82, 2.24) is 9.46 Å². The quantitative estimate of drug-likeness (QED) is 0.490. The van der Waals surface area contributed by atoms with Gasteiger partial charge >= 0.3 is 7.69 Å². The normalized spacial score (nSPS) is 13.0. The van der Waals surface area contributed by atoms with Crippen LogP contribution in [0.25, 0.3) is 16.7 Å². The van der Waals surface area contributed by atoms with E-state index in [-0.39, 0.29) is 0 Å². The van der Waals surface area contributed by atoms with Crippen LogP contribution in [0.3, 0.4) is 0 Å². The van der Waals surface area contributed by atoms with Crippen molar-refractivity contribution in [3.8, 4) is 11.1 Å². The van der Waals surface area contributed by atoms with Gasteiger partial charge in [0.1, 0.15) is 0 Å². The van der Waals surface area contributed by atoms with Gasteiger partial charge in [-0.1, -0.05) is 24.3 Å². The highest BCUT2D eigenvalue weighted by Gasteiger charge is 2.16. The van der Waals surface area contributed by atoms with Crippen molar-refractivity contribution in [2.24, 2.45) is 4.99 Å². The van der Waals surface area contributed by atoms with Crippen LogP contribution in [0.1, 0.15) is 11.4 Å². The first-order chi connectivity index (χ1) is 12.8. The molecule has 2 aromatic carbocycles. The van der Waals surface area contributed by atoms with Gasteiger partial charge in [-0.05, 0) is 53.9 Å². The van der Waals surface area contributed by atoms with Gasteiger partial charge in [0.2, 0.25) is 0 Å². The third-order valence-corrected chi connectivity index (χ3v) is 4.73. The van der Waals surface area contributed by atoms with Gasteiger partial charge in [-0.15, -0.1) is 0 Å². The molecule has 1 aliphatic rings. The molecular formula is C21H14BFN3. The summed E-state index contributed by atoms with van der Waals surface area (Å²) < 4.78 is 14.8. The number of fused-ring (bicyclic) bond motifs is 3. The number of nitrogens with zero attached hydrogens (tertiary/aromatic N) is 2. The van der Waals surface area contributed by atoms with Gasteiger partial charge in [-0.2, -0.15) is 0 Å². The van der Waals surface area contributed by atoms with Crippen LogP contribution < -0.4 is 10.6 Å². The van der Waals surface area contributed by atoms with E-state index in [4.69, 9.17) is 0 Å². The summed E-state index contributed by atoms with van der Waals surface area (Å²) in [5.74, 6) is 0. The van der Waals surface area contributed by atoms with Crippen molar-refractivity contribution >= 4 is 19.0 Å². The number of rotatable bonds is 3. The Kier molecular flexibility index (Phi) is 3.38. The first kappa shape index (κ1) is 15.0. The van der Waals surface area contributed by atoms with E-state index in [0.717, 1.165) is 44.4 Å². The molecule has 2 aromatic heterocycles. The summed E-state index contributed by atoms with van der Waals surface area (Å²) in [6.45, 7) is 0. The molecule has 0 saturated heterocycles. The van der Waals surface area contributed by atoms with Crippen molar-refractivity contribution in [2.75, 3.05) is 0 Å². The average molecular weight is 338 g/mol. The fraction of sp³-hybridized carbons (Fsp3) is 0. The van der Waals surface area contributed by atoms with Gasteiger partial charge in [0.15, 0.2) is 0 Å². The fourth-order valence-corrected chi connectivity index (χ4v) is 3.55. The molecule has 0 atom stereocenters. The lowest BCUT2D eigenvalue weighted by Gasteiger charge is -2.09. The Hall–Kier alpha value is -3.34. The molecule has 0 fully saturated rings.